The third kappa shape index (κ3) is 3.33. The predicted octanol–water partition coefficient (Wildman–Crippen LogP) is 0.809. The van der Waals surface area contributed by atoms with Gasteiger partial charge in [0.05, 0.1) is 11.1 Å². The van der Waals surface area contributed by atoms with E-state index in [0.29, 0.717) is 0 Å². The molecule has 1 fully saturated rings. The Bertz CT molecular complexity index is 1130. The lowest BCUT2D eigenvalue weighted by Gasteiger charge is -2.36. The zero-order valence-corrected chi connectivity index (χ0v) is 18.2. The summed E-state index contributed by atoms with van der Waals surface area (Å²) < 4.78 is 32.2. The Morgan fingerprint density at radius 2 is 1.58 bits per heavy atom. The van der Waals surface area contributed by atoms with Gasteiger partial charge < -0.3 is 9.42 Å². The van der Waals surface area contributed by atoms with Gasteiger partial charge in [0, 0.05) is 26.2 Å². The molecule has 2 aliphatic heterocycles. The zero-order valence-electron chi connectivity index (χ0n) is 17.4. The molecule has 4 rings (SSSR count). The van der Waals surface area contributed by atoms with Crippen molar-refractivity contribution in [1.82, 2.24) is 19.3 Å². The summed E-state index contributed by atoms with van der Waals surface area (Å²) >= 11 is 0. The van der Waals surface area contributed by atoms with E-state index in [1.807, 2.05) is 0 Å². The Kier molecular flexibility index (Phi) is 5.18. The molecule has 0 saturated carbocycles. The number of aromatic nitrogens is 1. The topological polar surface area (TPSA) is 121 Å². The van der Waals surface area contributed by atoms with Crippen LogP contribution in [0.2, 0.25) is 0 Å². The summed E-state index contributed by atoms with van der Waals surface area (Å²) in [7, 11) is -3.80. The van der Waals surface area contributed by atoms with Crippen LogP contribution in [0.5, 0.6) is 0 Å². The van der Waals surface area contributed by atoms with E-state index in [0.717, 1.165) is 4.90 Å². The highest BCUT2D eigenvalue weighted by Gasteiger charge is 2.42. The van der Waals surface area contributed by atoms with Gasteiger partial charge in [-0.05, 0) is 32.9 Å². The fourth-order valence-electron chi connectivity index (χ4n) is 4.06. The molecule has 10 nitrogen and oxygen atoms in total. The van der Waals surface area contributed by atoms with Crippen LogP contribution >= 0.6 is 0 Å². The van der Waals surface area contributed by atoms with Gasteiger partial charge in [0.2, 0.25) is 15.9 Å². The summed E-state index contributed by atoms with van der Waals surface area (Å²) in [6.45, 7) is 5.09. The number of aryl methyl sites for hydroxylation is 2. The van der Waals surface area contributed by atoms with Gasteiger partial charge in [0.1, 0.15) is 16.6 Å². The monoisotopic (exact) mass is 446 g/mol. The lowest BCUT2D eigenvalue weighted by molar-refractivity contribution is -0.136. The Labute approximate surface area is 179 Å². The molecule has 1 saturated heterocycles. The van der Waals surface area contributed by atoms with Crippen molar-refractivity contribution in [3.8, 4) is 0 Å². The first-order valence-electron chi connectivity index (χ1n) is 9.83. The van der Waals surface area contributed by atoms with Gasteiger partial charge in [-0.25, -0.2) is 8.42 Å². The maximum Gasteiger partial charge on any atom is 0.262 e. The minimum Gasteiger partial charge on any atom is -0.360 e. The largest absolute Gasteiger partial charge is 0.360 e. The molecule has 2 aliphatic rings. The number of amides is 3. The number of rotatable bonds is 4. The van der Waals surface area contributed by atoms with Crippen molar-refractivity contribution in [2.45, 2.75) is 31.7 Å². The van der Waals surface area contributed by atoms with Crippen molar-refractivity contribution in [2.75, 3.05) is 26.2 Å². The number of nitrogens with zero attached hydrogens (tertiary/aromatic N) is 4. The van der Waals surface area contributed by atoms with Gasteiger partial charge >= 0.3 is 0 Å². The molecule has 0 aliphatic carbocycles. The maximum atomic E-state index is 13.0. The molecule has 1 aromatic carbocycles. The lowest BCUT2D eigenvalue weighted by atomic mass is 10.1. The Morgan fingerprint density at radius 1 is 1.03 bits per heavy atom. The number of carbonyl (C=O) groups is 3. The molecule has 1 atom stereocenters. The number of benzene rings is 1. The fourth-order valence-corrected chi connectivity index (χ4v) is 5.77. The molecule has 1 aromatic heterocycles. The van der Waals surface area contributed by atoms with Crippen LogP contribution in [0.15, 0.2) is 33.7 Å². The van der Waals surface area contributed by atoms with Crippen molar-refractivity contribution in [3.63, 3.8) is 0 Å². The second kappa shape index (κ2) is 7.57. The summed E-state index contributed by atoms with van der Waals surface area (Å²) in [5.74, 6) is -1.18. The minimum atomic E-state index is -3.80. The van der Waals surface area contributed by atoms with Crippen LogP contribution < -0.4 is 0 Å². The maximum absolute atomic E-state index is 13.0. The molecule has 3 amide bonds. The number of hydrogen-bond donors (Lipinski definition) is 0. The molecule has 0 radical (unpaired) electrons. The Hall–Kier alpha value is -3.05. The first kappa shape index (κ1) is 21.2. The van der Waals surface area contributed by atoms with Gasteiger partial charge in [-0.2, -0.15) is 4.31 Å². The summed E-state index contributed by atoms with van der Waals surface area (Å²) in [6, 6.07) is 5.46. The molecule has 31 heavy (non-hydrogen) atoms. The number of hydrogen-bond acceptors (Lipinski definition) is 7. The summed E-state index contributed by atoms with van der Waals surface area (Å²) in [5, 5.41) is 3.70. The normalized spacial score (nSPS) is 18.4. The average Bonchev–Trinajstić information content (AvgIpc) is 3.23. The highest BCUT2D eigenvalue weighted by molar-refractivity contribution is 7.89. The summed E-state index contributed by atoms with van der Waals surface area (Å²) in [6.07, 6.45) is 0. The Balaban J connectivity index is 1.45. The SMILES string of the molecule is Cc1noc(C)c1S(=O)(=O)N1CCN(C(=O)[C@H](C)N2C(=O)c3ccccc3C2=O)CC1. The lowest BCUT2D eigenvalue weighted by Crippen LogP contribution is -2.56. The molecule has 0 unspecified atom stereocenters. The number of sulfonamides is 1. The van der Waals surface area contributed by atoms with E-state index < -0.39 is 33.8 Å². The van der Waals surface area contributed by atoms with Gasteiger partial charge in [0.15, 0.2) is 5.76 Å². The third-order valence-electron chi connectivity index (χ3n) is 5.69. The highest BCUT2D eigenvalue weighted by Crippen LogP contribution is 2.27. The molecule has 2 aromatic rings. The van der Waals surface area contributed by atoms with Gasteiger partial charge in [-0.1, -0.05) is 17.3 Å². The van der Waals surface area contributed by atoms with E-state index in [1.165, 1.54) is 23.1 Å². The van der Waals surface area contributed by atoms with Crippen molar-refractivity contribution in [1.29, 1.82) is 0 Å². The second-order valence-electron chi connectivity index (χ2n) is 7.58. The molecular formula is C20H22N4O6S. The van der Waals surface area contributed by atoms with Gasteiger partial charge in [-0.15, -0.1) is 0 Å². The standard InChI is InChI=1S/C20H22N4O6S/c1-12-17(14(3)30-21-12)31(28,29)23-10-8-22(9-11-23)18(25)13(2)24-19(26)15-6-4-5-7-16(15)20(24)27/h4-7,13H,8-11H2,1-3H3/t13-/m0/s1. The van der Waals surface area contributed by atoms with E-state index in [9.17, 15) is 22.8 Å². The summed E-state index contributed by atoms with van der Waals surface area (Å²) in [4.78, 5) is 40.8. The van der Waals surface area contributed by atoms with Crippen molar-refractivity contribution >= 4 is 27.7 Å². The van der Waals surface area contributed by atoms with Crippen LogP contribution in [0.4, 0.5) is 0 Å². The van der Waals surface area contributed by atoms with Crippen molar-refractivity contribution in [2.24, 2.45) is 0 Å². The Morgan fingerprint density at radius 3 is 2.06 bits per heavy atom. The molecule has 0 spiro atoms. The van der Waals surface area contributed by atoms with Crippen LogP contribution in [-0.4, -0.2) is 77.6 Å². The third-order valence-corrected chi connectivity index (χ3v) is 7.83. The number of piperazine rings is 1. The average molecular weight is 446 g/mol. The smallest absolute Gasteiger partial charge is 0.262 e. The van der Waals surface area contributed by atoms with E-state index in [2.05, 4.69) is 5.16 Å². The van der Waals surface area contributed by atoms with Crippen LogP contribution in [0.1, 0.15) is 39.1 Å². The van der Waals surface area contributed by atoms with Gasteiger partial charge in [-0.3, -0.25) is 19.3 Å². The highest BCUT2D eigenvalue weighted by atomic mass is 32.2. The first-order valence-corrected chi connectivity index (χ1v) is 11.3. The quantitative estimate of drug-likeness (QED) is 0.637. The van der Waals surface area contributed by atoms with Crippen molar-refractivity contribution < 1.29 is 27.3 Å². The first-order chi connectivity index (χ1) is 14.6. The number of carbonyl (C=O) groups excluding carboxylic acids is 3. The molecule has 3 heterocycles. The molecule has 11 heteroatoms. The molecule has 0 bridgehead atoms. The molecule has 0 N–H and O–H groups in total. The van der Waals surface area contributed by atoms with E-state index >= 15 is 0 Å². The summed E-state index contributed by atoms with van der Waals surface area (Å²) in [5.41, 5.74) is 0.848. The minimum absolute atomic E-state index is 0.0478. The fraction of sp³-hybridized carbons (Fsp3) is 0.400. The van der Waals surface area contributed by atoms with Crippen molar-refractivity contribution in [3.05, 3.63) is 46.8 Å². The van der Waals surface area contributed by atoms with E-state index in [1.54, 1.807) is 31.2 Å². The predicted molar refractivity (Wildman–Crippen MR) is 108 cm³/mol. The molecular weight excluding hydrogens is 424 g/mol. The van der Waals surface area contributed by atoms with E-state index in [-0.39, 0.29) is 53.7 Å². The second-order valence-corrected chi connectivity index (χ2v) is 9.46. The van der Waals surface area contributed by atoms with Gasteiger partial charge in [0.25, 0.3) is 11.8 Å². The van der Waals surface area contributed by atoms with Crippen LogP contribution in [0, 0.1) is 13.8 Å². The van der Waals surface area contributed by atoms with Crippen LogP contribution in [-0.2, 0) is 14.8 Å². The van der Waals surface area contributed by atoms with Crippen LogP contribution in [0.3, 0.4) is 0 Å². The number of fused-ring (bicyclic) bond motifs is 1. The van der Waals surface area contributed by atoms with Crippen LogP contribution in [0.25, 0.3) is 0 Å². The zero-order chi connectivity index (χ0) is 22.5. The number of imide groups is 1. The van der Waals surface area contributed by atoms with E-state index in [4.69, 9.17) is 4.52 Å². The molecule has 164 valence electrons.